The smallest absolute Gasteiger partial charge is 0.435 e. The first-order chi connectivity index (χ1) is 15.0. The summed E-state index contributed by atoms with van der Waals surface area (Å²) < 4.78 is 6.92. The standard InChI is InChI=1S/C21H23N5O5S/c1-11-12(10-26(24-11)20(30)31-21(2,3)4)15-9-13-16(32-15)18(27)23-17(22-13)14-7-5-6-8-25(14)19(28)29/h5-6,9-10,14H,7-8H2,1-4H3,(H,28,29)(H,22,23,27)/t14-/m0/s1. The quantitative estimate of drug-likeness (QED) is 0.558. The average Bonchev–Trinajstić information content (AvgIpc) is 3.30. The van der Waals surface area contributed by atoms with E-state index in [0.29, 0.717) is 33.7 Å². The third kappa shape index (κ3) is 4.15. The molecule has 10 nitrogen and oxygen atoms in total. The van der Waals surface area contributed by atoms with Crippen molar-refractivity contribution in [3.05, 3.63) is 46.3 Å². The molecule has 0 bridgehead atoms. The number of ether oxygens (including phenoxy) is 1. The molecule has 32 heavy (non-hydrogen) atoms. The van der Waals surface area contributed by atoms with Crippen molar-refractivity contribution in [2.24, 2.45) is 0 Å². The van der Waals surface area contributed by atoms with E-state index in [4.69, 9.17) is 4.74 Å². The number of carbonyl (C=O) groups is 2. The van der Waals surface area contributed by atoms with Crippen molar-refractivity contribution in [2.75, 3.05) is 6.54 Å². The van der Waals surface area contributed by atoms with E-state index in [1.807, 2.05) is 6.08 Å². The van der Waals surface area contributed by atoms with E-state index < -0.39 is 23.8 Å². The second kappa shape index (κ2) is 7.90. The maximum absolute atomic E-state index is 12.8. The number of aryl methyl sites for hydroxylation is 1. The molecule has 3 aromatic rings. The number of nitrogens with zero attached hydrogens (tertiary/aromatic N) is 4. The van der Waals surface area contributed by atoms with E-state index in [2.05, 4.69) is 15.1 Å². The number of aromatic amines is 1. The number of hydrogen-bond donors (Lipinski definition) is 2. The van der Waals surface area contributed by atoms with Crippen LogP contribution >= 0.6 is 11.3 Å². The summed E-state index contributed by atoms with van der Waals surface area (Å²) in [6.45, 7) is 7.33. The number of rotatable bonds is 2. The molecular formula is C21H23N5O5S. The average molecular weight is 458 g/mol. The molecule has 0 fully saturated rings. The lowest BCUT2D eigenvalue weighted by Crippen LogP contribution is -2.37. The highest BCUT2D eigenvalue weighted by Crippen LogP contribution is 2.34. The van der Waals surface area contributed by atoms with Gasteiger partial charge in [-0.3, -0.25) is 9.69 Å². The lowest BCUT2D eigenvalue weighted by molar-refractivity contribution is 0.0514. The van der Waals surface area contributed by atoms with Crippen molar-refractivity contribution in [3.63, 3.8) is 0 Å². The zero-order valence-electron chi connectivity index (χ0n) is 18.1. The molecule has 0 aliphatic carbocycles. The maximum atomic E-state index is 12.8. The molecule has 0 aromatic carbocycles. The number of nitrogens with one attached hydrogen (secondary N) is 1. The number of thiophene rings is 1. The molecule has 0 saturated heterocycles. The highest BCUT2D eigenvalue weighted by molar-refractivity contribution is 7.22. The number of amides is 1. The number of carboxylic acid groups (broad SMARTS) is 1. The molecule has 4 rings (SSSR count). The molecule has 168 valence electrons. The van der Waals surface area contributed by atoms with Gasteiger partial charge in [0, 0.05) is 23.2 Å². The van der Waals surface area contributed by atoms with Crippen LogP contribution < -0.4 is 5.56 Å². The molecule has 4 heterocycles. The molecule has 0 saturated carbocycles. The van der Waals surface area contributed by atoms with Crippen molar-refractivity contribution in [1.82, 2.24) is 24.6 Å². The minimum atomic E-state index is -1.07. The molecule has 1 aliphatic rings. The minimum absolute atomic E-state index is 0.236. The fraction of sp³-hybridized carbons (Fsp3) is 0.381. The Balaban J connectivity index is 1.72. The normalized spacial score (nSPS) is 16.5. The van der Waals surface area contributed by atoms with Gasteiger partial charge in [-0.2, -0.15) is 9.78 Å². The van der Waals surface area contributed by atoms with Gasteiger partial charge >= 0.3 is 12.2 Å². The molecule has 1 aliphatic heterocycles. The Hall–Kier alpha value is -3.47. The fourth-order valence-corrected chi connectivity index (χ4v) is 4.54. The summed E-state index contributed by atoms with van der Waals surface area (Å²) in [5.41, 5.74) is 0.771. The second-order valence-electron chi connectivity index (χ2n) is 8.49. The topological polar surface area (TPSA) is 130 Å². The van der Waals surface area contributed by atoms with Crippen LogP contribution in [0.3, 0.4) is 0 Å². The van der Waals surface area contributed by atoms with Crippen molar-refractivity contribution in [1.29, 1.82) is 0 Å². The van der Waals surface area contributed by atoms with Crippen LogP contribution in [0.1, 0.15) is 44.8 Å². The Kier molecular flexibility index (Phi) is 5.37. The zero-order valence-corrected chi connectivity index (χ0v) is 18.9. The van der Waals surface area contributed by atoms with Gasteiger partial charge in [0.25, 0.3) is 5.56 Å². The lowest BCUT2D eigenvalue weighted by atomic mass is 10.1. The Morgan fingerprint density at radius 2 is 2.06 bits per heavy atom. The molecule has 1 atom stereocenters. The van der Waals surface area contributed by atoms with Crippen molar-refractivity contribution in [2.45, 2.75) is 45.8 Å². The molecule has 3 aromatic heterocycles. The first-order valence-electron chi connectivity index (χ1n) is 10.0. The highest BCUT2D eigenvalue weighted by Gasteiger charge is 2.28. The third-order valence-electron chi connectivity index (χ3n) is 4.91. The van der Waals surface area contributed by atoms with E-state index in [1.165, 1.54) is 16.2 Å². The predicted molar refractivity (Wildman–Crippen MR) is 119 cm³/mol. The summed E-state index contributed by atoms with van der Waals surface area (Å²) in [6, 6.07) is 1.20. The van der Waals surface area contributed by atoms with Gasteiger partial charge in [0.1, 0.15) is 16.1 Å². The van der Waals surface area contributed by atoms with E-state index in [1.54, 1.807) is 46.0 Å². The summed E-state index contributed by atoms with van der Waals surface area (Å²) in [6.07, 6.45) is 3.99. The van der Waals surface area contributed by atoms with E-state index in [-0.39, 0.29) is 12.1 Å². The second-order valence-corrected chi connectivity index (χ2v) is 9.54. The Bertz CT molecular complexity index is 1300. The van der Waals surface area contributed by atoms with Crippen LogP contribution in [0.15, 0.2) is 29.2 Å². The monoisotopic (exact) mass is 457 g/mol. The molecular weight excluding hydrogens is 434 g/mol. The molecule has 2 N–H and O–H groups in total. The van der Waals surface area contributed by atoms with Crippen LogP contribution in [0, 0.1) is 6.92 Å². The number of aromatic nitrogens is 4. The van der Waals surface area contributed by atoms with Gasteiger partial charge in [-0.25, -0.2) is 14.6 Å². The van der Waals surface area contributed by atoms with Crippen molar-refractivity contribution < 1.29 is 19.4 Å². The zero-order chi connectivity index (χ0) is 23.2. The summed E-state index contributed by atoms with van der Waals surface area (Å²) in [4.78, 5) is 45.9. The minimum Gasteiger partial charge on any atom is -0.465 e. The molecule has 0 spiro atoms. The summed E-state index contributed by atoms with van der Waals surface area (Å²) >= 11 is 1.24. The van der Waals surface area contributed by atoms with E-state index in [0.717, 1.165) is 9.56 Å². The van der Waals surface area contributed by atoms with Gasteiger partial charge in [0.05, 0.1) is 17.3 Å². The van der Waals surface area contributed by atoms with Gasteiger partial charge in [-0.15, -0.1) is 11.3 Å². The highest BCUT2D eigenvalue weighted by atomic mass is 32.1. The predicted octanol–water partition coefficient (Wildman–Crippen LogP) is 3.92. The Morgan fingerprint density at radius 1 is 1.31 bits per heavy atom. The summed E-state index contributed by atoms with van der Waals surface area (Å²) in [5.74, 6) is 0.305. The molecule has 0 unspecified atom stereocenters. The summed E-state index contributed by atoms with van der Waals surface area (Å²) in [7, 11) is 0. The van der Waals surface area contributed by atoms with Gasteiger partial charge in [0.2, 0.25) is 0 Å². The van der Waals surface area contributed by atoms with Gasteiger partial charge < -0.3 is 14.8 Å². The van der Waals surface area contributed by atoms with Crippen molar-refractivity contribution >= 4 is 33.7 Å². The van der Waals surface area contributed by atoms with Crippen LogP contribution in [0.2, 0.25) is 0 Å². The Labute approximate surface area is 187 Å². The van der Waals surface area contributed by atoms with Crippen molar-refractivity contribution in [3.8, 4) is 10.4 Å². The lowest BCUT2D eigenvalue weighted by Gasteiger charge is -2.29. The first kappa shape index (κ1) is 21.8. The number of H-pyrrole nitrogens is 1. The third-order valence-corrected chi connectivity index (χ3v) is 6.07. The Morgan fingerprint density at radius 3 is 2.75 bits per heavy atom. The SMILES string of the molecule is Cc1nn(C(=O)OC(C)(C)C)cc1-c1cc2nc([C@@H]3CC=CCN3C(=O)O)[nH]c(=O)c2s1. The van der Waals surface area contributed by atoms with Gasteiger partial charge in [0.15, 0.2) is 0 Å². The first-order valence-corrected chi connectivity index (χ1v) is 10.8. The summed E-state index contributed by atoms with van der Waals surface area (Å²) in [5, 5.41) is 13.7. The van der Waals surface area contributed by atoms with E-state index >= 15 is 0 Å². The molecule has 1 amide bonds. The number of carbonyl (C=O) groups excluding carboxylic acids is 1. The number of hydrogen-bond acceptors (Lipinski definition) is 7. The largest absolute Gasteiger partial charge is 0.465 e. The van der Waals surface area contributed by atoms with Crippen LogP contribution in [0.5, 0.6) is 0 Å². The molecule has 11 heteroatoms. The van der Waals surface area contributed by atoms with Gasteiger partial charge in [-0.1, -0.05) is 12.2 Å². The molecule has 0 radical (unpaired) electrons. The fourth-order valence-electron chi connectivity index (χ4n) is 3.49. The van der Waals surface area contributed by atoms with Crippen LogP contribution in [0.4, 0.5) is 9.59 Å². The van der Waals surface area contributed by atoms with Gasteiger partial charge in [-0.05, 0) is 40.2 Å². The van der Waals surface area contributed by atoms with E-state index in [9.17, 15) is 19.5 Å². The van der Waals surface area contributed by atoms with Crippen LogP contribution in [0.25, 0.3) is 20.7 Å². The number of fused-ring (bicyclic) bond motifs is 1. The van der Waals surface area contributed by atoms with Crippen LogP contribution in [-0.4, -0.2) is 54.1 Å². The van der Waals surface area contributed by atoms with Crippen LogP contribution in [-0.2, 0) is 4.74 Å². The maximum Gasteiger partial charge on any atom is 0.435 e.